The molecule has 2 aromatic heterocycles. The molecule has 0 unspecified atom stereocenters. The number of aliphatic carboxylic acids is 1. The van der Waals surface area contributed by atoms with Crippen molar-refractivity contribution >= 4 is 5.97 Å². The van der Waals surface area contributed by atoms with Crippen molar-refractivity contribution in [2.45, 2.75) is 45.8 Å². The van der Waals surface area contributed by atoms with Gasteiger partial charge in [0.25, 0.3) is 0 Å². The van der Waals surface area contributed by atoms with Crippen LogP contribution >= 0.6 is 0 Å². The van der Waals surface area contributed by atoms with E-state index in [-0.39, 0.29) is 35.5 Å². The Morgan fingerprint density at radius 3 is 2.59 bits per heavy atom. The molecular weight excluding hydrogens is 451 g/mol. The summed E-state index contributed by atoms with van der Waals surface area (Å²) < 4.78 is 52.3. The fourth-order valence-corrected chi connectivity index (χ4v) is 4.78. The Hall–Kier alpha value is -3.14. The number of aromatic nitrogens is 2. The average Bonchev–Trinajstić information content (AvgIpc) is 3.33. The average molecular weight is 475 g/mol. The third kappa shape index (κ3) is 4.00. The first-order valence-corrected chi connectivity index (χ1v) is 11.2. The molecule has 3 aromatic rings. The Morgan fingerprint density at radius 1 is 1.18 bits per heavy atom. The highest BCUT2D eigenvalue weighted by Gasteiger charge is 2.43. The van der Waals surface area contributed by atoms with E-state index in [1.165, 1.54) is 0 Å². The van der Waals surface area contributed by atoms with Crippen LogP contribution in [-0.4, -0.2) is 39.4 Å². The predicted octanol–water partition coefficient (Wildman–Crippen LogP) is 4.83. The number of alkyl halides is 3. The maximum atomic E-state index is 13.9. The molecular formula is C24H24F3N3O4. The fraction of sp³-hybridized carbons (Fsp3) is 0.458. The van der Waals surface area contributed by atoms with Crippen LogP contribution in [0.3, 0.4) is 0 Å². The number of halogens is 3. The number of hydrogen-bond acceptors (Lipinski definition) is 6. The van der Waals surface area contributed by atoms with Crippen molar-refractivity contribution in [2.75, 3.05) is 13.1 Å². The summed E-state index contributed by atoms with van der Waals surface area (Å²) >= 11 is 0. The van der Waals surface area contributed by atoms with E-state index in [2.05, 4.69) is 21.3 Å². The van der Waals surface area contributed by atoms with Gasteiger partial charge in [-0.2, -0.15) is 13.2 Å². The van der Waals surface area contributed by atoms with Crippen LogP contribution in [-0.2, 0) is 36.8 Å². The first kappa shape index (κ1) is 22.6. The van der Waals surface area contributed by atoms with Gasteiger partial charge >= 0.3 is 12.1 Å². The van der Waals surface area contributed by atoms with Gasteiger partial charge in [-0.05, 0) is 29.9 Å². The first-order valence-electron chi connectivity index (χ1n) is 11.2. The molecule has 1 aliphatic heterocycles. The summed E-state index contributed by atoms with van der Waals surface area (Å²) in [4.78, 5) is 13.1. The zero-order valence-electron chi connectivity index (χ0n) is 18.8. The van der Waals surface area contributed by atoms with Gasteiger partial charge in [-0.25, -0.2) is 0 Å². The molecule has 0 spiro atoms. The van der Waals surface area contributed by atoms with Gasteiger partial charge < -0.3 is 14.2 Å². The van der Waals surface area contributed by atoms with Crippen molar-refractivity contribution in [3.63, 3.8) is 0 Å². The van der Waals surface area contributed by atoms with Gasteiger partial charge in [0.15, 0.2) is 11.5 Å². The minimum Gasteiger partial charge on any atom is -0.481 e. The molecule has 180 valence electrons. The Morgan fingerprint density at radius 2 is 1.91 bits per heavy atom. The molecule has 2 aliphatic rings. The molecule has 1 N–H and O–H groups in total. The minimum atomic E-state index is -4.63. The number of benzene rings is 1. The zero-order valence-corrected chi connectivity index (χ0v) is 18.8. The van der Waals surface area contributed by atoms with Crippen molar-refractivity contribution < 1.29 is 32.1 Å². The number of fused-ring (bicyclic) bond motifs is 3. The molecule has 1 fully saturated rings. The van der Waals surface area contributed by atoms with Gasteiger partial charge in [0.1, 0.15) is 17.0 Å². The van der Waals surface area contributed by atoms with Gasteiger partial charge in [-0.15, -0.1) is 0 Å². The molecule has 7 nitrogen and oxygen atoms in total. The Bertz CT molecular complexity index is 1240. The second-order valence-corrected chi connectivity index (χ2v) is 9.48. The summed E-state index contributed by atoms with van der Waals surface area (Å²) in [6.07, 6.45) is -3.41. The van der Waals surface area contributed by atoms with Gasteiger partial charge in [0.05, 0.1) is 5.92 Å². The highest BCUT2D eigenvalue weighted by Crippen LogP contribution is 2.44. The first-order chi connectivity index (χ1) is 16.1. The lowest BCUT2D eigenvalue weighted by Gasteiger charge is -2.36. The number of hydrogen-bond donors (Lipinski definition) is 1. The van der Waals surface area contributed by atoms with Crippen LogP contribution in [0.2, 0.25) is 0 Å². The van der Waals surface area contributed by atoms with E-state index >= 15 is 0 Å². The van der Waals surface area contributed by atoms with Crippen LogP contribution in [0.1, 0.15) is 41.9 Å². The Labute approximate surface area is 193 Å². The summed E-state index contributed by atoms with van der Waals surface area (Å²) in [5.41, 5.74) is 2.81. The normalized spacial score (nSPS) is 16.4. The van der Waals surface area contributed by atoms with Crippen molar-refractivity contribution in [1.29, 1.82) is 0 Å². The number of aryl methyl sites for hydroxylation is 1. The number of carboxylic acids is 1. The molecule has 5 rings (SSSR count). The van der Waals surface area contributed by atoms with Gasteiger partial charge in [0.2, 0.25) is 0 Å². The SMILES string of the molecule is CC(C)Cc1onc(-c2onc3c2CCc2cc(CN4CC(C(=O)O)C4)ccc2-3)c1C(F)(F)F. The van der Waals surface area contributed by atoms with Crippen LogP contribution < -0.4 is 0 Å². The van der Waals surface area contributed by atoms with E-state index in [9.17, 15) is 18.0 Å². The molecule has 0 radical (unpaired) electrons. The second kappa shape index (κ2) is 8.26. The topological polar surface area (TPSA) is 92.6 Å². The Kier molecular flexibility index (Phi) is 5.50. The third-order valence-electron chi connectivity index (χ3n) is 6.42. The smallest absolute Gasteiger partial charge is 0.422 e. The molecule has 3 heterocycles. The van der Waals surface area contributed by atoms with Crippen LogP contribution in [0.4, 0.5) is 13.2 Å². The molecule has 0 bridgehead atoms. The van der Waals surface area contributed by atoms with Crippen LogP contribution in [0.25, 0.3) is 22.7 Å². The van der Waals surface area contributed by atoms with Gasteiger partial charge in [-0.1, -0.05) is 42.4 Å². The monoisotopic (exact) mass is 475 g/mol. The standard InChI is InChI=1S/C24H24F3N3O4/c1-12(2)7-18-19(24(25,26)27)21(29-33-18)22-17-6-4-14-8-13(3-5-16(14)20(17)28-34-22)9-30-10-15(11-30)23(31)32/h3,5,8,12,15H,4,6-7,9-11H2,1-2H3,(H,31,32). The second-order valence-electron chi connectivity index (χ2n) is 9.48. The van der Waals surface area contributed by atoms with Crippen LogP contribution in [0.15, 0.2) is 27.2 Å². The van der Waals surface area contributed by atoms with E-state index in [4.69, 9.17) is 14.2 Å². The number of likely N-dealkylation sites (tertiary alicyclic amines) is 1. The molecule has 0 amide bonds. The van der Waals surface area contributed by atoms with Crippen molar-refractivity contribution in [2.24, 2.45) is 11.8 Å². The van der Waals surface area contributed by atoms with E-state index in [0.29, 0.717) is 43.7 Å². The lowest BCUT2D eigenvalue weighted by atomic mass is 9.87. The number of carbonyl (C=O) groups is 1. The highest BCUT2D eigenvalue weighted by atomic mass is 19.4. The summed E-state index contributed by atoms with van der Waals surface area (Å²) in [7, 11) is 0. The fourth-order valence-electron chi connectivity index (χ4n) is 4.78. The van der Waals surface area contributed by atoms with Crippen LogP contribution in [0.5, 0.6) is 0 Å². The number of nitrogens with zero attached hydrogens (tertiary/aromatic N) is 3. The molecule has 1 aromatic carbocycles. The van der Waals surface area contributed by atoms with Crippen molar-refractivity contribution in [3.8, 4) is 22.7 Å². The van der Waals surface area contributed by atoms with Crippen LogP contribution in [0, 0.1) is 11.8 Å². The molecule has 0 saturated carbocycles. The Balaban J connectivity index is 1.44. The third-order valence-corrected chi connectivity index (χ3v) is 6.42. The molecule has 1 aliphatic carbocycles. The lowest BCUT2D eigenvalue weighted by Crippen LogP contribution is -2.49. The van der Waals surface area contributed by atoms with Crippen molar-refractivity contribution in [3.05, 3.63) is 46.2 Å². The van der Waals surface area contributed by atoms with E-state index < -0.39 is 17.7 Å². The maximum Gasteiger partial charge on any atom is 0.422 e. The summed E-state index contributed by atoms with van der Waals surface area (Å²) in [6, 6.07) is 5.90. The summed E-state index contributed by atoms with van der Waals surface area (Å²) in [5.74, 6) is -1.30. The summed E-state index contributed by atoms with van der Waals surface area (Å²) in [6.45, 7) is 5.34. The quantitative estimate of drug-likeness (QED) is 0.546. The maximum absolute atomic E-state index is 13.9. The molecule has 0 atom stereocenters. The number of rotatable bonds is 6. The predicted molar refractivity (Wildman–Crippen MR) is 115 cm³/mol. The van der Waals surface area contributed by atoms with E-state index in [1.54, 1.807) is 0 Å². The minimum absolute atomic E-state index is 0.0103. The lowest BCUT2D eigenvalue weighted by molar-refractivity contribution is -0.147. The van der Waals surface area contributed by atoms with Crippen molar-refractivity contribution in [1.82, 2.24) is 15.2 Å². The van der Waals surface area contributed by atoms with E-state index in [1.807, 2.05) is 26.0 Å². The highest BCUT2D eigenvalue weighted by molar-refractivity contribution is 5.77. The summed E-state index contributed by atoms with van der Waals surface area (Å²) in [5, 5.41) is 16.9. The molecule has 10 heteroatoms. The molecule has 34 heavy (non-hydrogen) atoms. The molecule has 1 saturated heterocycles. The largest absolute Gasteiger partial charge is 0.481 e. The van der Waals surface area contributed by atoms with Gasteiger partial charge in [-0.3, -0.25) is 9.69 Å². The van der Waals surface area contributed by atoms with E-state index in [0.717, 1.165) is 16.7 Å². The van der Waals surface area contributed by atoms with Gasteiger partial charge in [0, 0.05) is 37.2 Å². The number of carboxylic acid groups (broad SMARTS) is 1. The zero-order chi connectivity index (χ0) is 24.2.